The Kier molecular flexibility index (Phi) is 6.37. The molecule has 1 aromatic rings. The first kappa shape index (κ1) is 15.8. The fourth-order valence-corrected chi connectivity index (χ4v) is 3.70. The van der Waals surface area contributed by atoms with Crippen molar-refractivity contribution in [3.63, 3.8) is 0 Å². The first-order valence-corrected chi connectivity index (χ1v) is 8.78. The van der Waals surface area contributed by atoms with E-state index >= 15 is 0 Å². The summed E-state index contributed by atoms with van der Waals surface area (Å²) in [6.07, 6.45) is 5.21. The Hall–Kier alpha value is -0.540. The summed E-state index contributed by atoms with van der Waals surface area (Å²) in [6.45, 7) is 8.97. The van der Waals surface area contributed by atoms with Gasteiger partial charge in [-0.2, -0.15) is 0 Å². The molecule has 0 aromatic heterocycles. The fourth-order valence-electron chi connectivity index (χ4n) is 3.02. The molecule has 0 saturated carbocycles. The van der Waals surface area contributed by atoms with Crippen molar-refractivity contribution in [2.75, 3.05) is 24.5 Å². The topological polar surface area (TPSA) is 15.3 Å². The molecule has 112 valence electrons. The van der Waals surface area contributed by atoms with E-state index in [0.29, 0.717) is 0 Å². The summed E-state index contributed by atoms with van der Waals surface area (Å²) in [6, 6.07) is 6.81. The van der Waals surface area contributed by atoms with E-state index in [4.69, 9.17) is 0 Å². The standard InChI is InChI=1S/C17H27BrN2/c1-3-5-14-8-10-20(13-14)17-7-6-15(11-16(17)18)12-19-9-4-2/h6-7,11,14,19H,3-5,8-10,12-13H2,1-2H3. The summed E-state index contributed by atoms with van der Waals surface area (Å²) >= 11 is 3.76. The molecule has 1 unspecified atom stereocenters. The van der Waals surface area contributed by atoms with Crippen LogP contribution in [0.3, 0.4) is 0 Å². The number of rotatable bonds is 7. The molecular weight excluding hydrogens is 312 g/mol. The summed E-state index contributed by atoms with van der Waals surface area (Å²) in [5.41, 5.74) is 2.72. The van der Waals surface area contributed by atoms with E-state index in [1.54, 1.807) is 0 Å². The first-order chi connectivity index (χ1) is 9.74. The van der Waals surface area contributed by atoms with Crippen LogP contribution >= 0.6 is 15.9 Å². The van der Waals surface area contributed by atoms with Gasteiger partial charge in [-0.15, -0.1) is 0 Å². The lowest BCUT2D eigenvalue weighted by molar-refractivity contribution is 0.530. The minimum absolute atomic E-state index is 0.887. The van der Waals surface area contributed by atoms with Crippen LogP contribution in [0.5, 0.6) is 0 Å². The Balaban J connectivity index is 1.96. The fraction of sp³-hybridized carbons (Fsp3) is 0.647. The molecular formula is C17H27BrN2. The van der Waals surface area contributed by atoms with Crippen molar-refractivity contribution < 1.29 is 0 Å². The van der Waals surface area contributed by atoms with Gasteiger partial charge in [0.05, 0.1) is 5.69 Å². The van der Waals surface area contributed by atoms with Crippen molar-refractivity contribution >= 4 is 21.6 Å². The highest BCUT2D eigenvalue weighted by Crippen LogP contribution is 2.32. The molecule has 0 amide bonds. The Bertz CT molecular complexity index is 419. The highest BCUT2D eigenvalue weighted by atomic mass is 79.9. The Morgan fingerprint density at radius 1 is 1.30 bits per heavy atom. The van der Waals surface area contributed by atoms with Crippen LogP contribution in [0.1, 0.15) is 45.1 Å². The SMILES string of the molecule is CCCNCc1ccc(N2CCC(CCC)C2)c(Br)c1. The van der Waals surface area contributed by atoms with Crippen molar-refractivity contribution in [1.29, 1.82) is 0 Å². The van der Waals surface area contributed by atoms with Crippen LogP contribution in [0.4, 0.5) is 5.69 Å². The lowest BCUT2D eigenvalue weighted by Crippen LogP contribution is -2.20. The Morgan fingerprint density at radius 2 is 2.15 bits per heavy atom. The van der Waals surface area contributed by atoms with Gasteiger partial charge < -0.3 is 10.2 Å². The molecule has 20 heavy (non-hydrogen) atoms. The lowest BCUT2D eigenvalue weighted by atomic mass is 10.0. The van der Waals surface area contributed by atoms with Crippen LogP contribution in [0, 0.1) is 5.92 Å². The quantitative estimate of drug-likeness (QED) is 0.732. The van der Waals surface area contributed by atoms with Gasteiger partial charge in [0.25, 0.3) is 0 Å². The third-order valence-electron chi connectivity index (χ3n) is 4.09. The van der Waals surface area contributed by atoms with E-state index in [2.05, 4.69) is 58.2 Å². The van der Waals surface area contributed by atoms with Crippen LogP contribution in [-0.4, -0.2) is 19.6 Å². The van der Waals surface area contributed by atoms with Gasteiger partial charge in [0.1, 0.15) is 0 Å². The van der Waals surface area contributed by atoms with E-state index in [-0.39, 0.29) is 0 Å². The van der Waals surface area contributed by atoms with E-state index in [9.17, 15) is 0 Å². The molecule has 3 heteroatoms. The number of benzene rings is 1. The molecule has 0 bridgehead atoms. The number of hydrogen-bond acceptors (Lipinski definition) is 2. The molecule has 0 spiro atoms. The summed E-state index contributed by atoms with van der Waals surface area (Å²) in [5, 5.41) is 3.46. The van der Waals surface area contributed by atoms with Gasteiger partial charge in [0.2, 0.25) is 0 Å². The van der Waals surface area contributed by atoms with Gasteiger partial charge in [0.15, 0.2) is 0 Å². The van der Waals surface area contributed by atoms with Crippen molar-refractivity contribution in [3.05, 3.63) is 28.2 Å². The summed E-state index contributed by atoms with van der Waals surface area (Å²) in [7, 11) is 0. The monoisotopic (exact) mass is 338 g/mol. The van der Waals surface area contributed by atoms with Crippen LogP contribution in [0.25, 0.3) is 0 Å². The van der Waals surface area contributed by atoms with Crippen LogP contribution in [-0.2, 0) is 6.54 Å². The molecule has 1 aromatic carbocycles. The molecule has 1 aliphatic rings. The van der Waals surface area contributed by atoms with E-state index in [1.165, 1.54) is 54.5 Å². The largest absolute Gasteiger partial charge is 0.370 e. The zero-order valence-corrected chi connectivity index (χ0v) is 14.4. The number of halogens is 1. The average molecular weight is 339 g/mol. The van der Waals surface area contributed by atoms with Gasteiger partial charge in [-0.05, 0) is 65.4 Å². The van der Waals surface area contributed by atoms with E-state index in [0.717, 1.165) is 19.0 Å². The third kappa shape index (κ3) is 4.23. The third-order valence-corrected chi connectivity index (χ3v) is 4.73. The summed E-state index contributed by atoms with van der Waals surface area (Å²) in [5.74, 6) is 0.887. The average Bonchev–Trinajstić information content (AvgIpc) is 2.88. The van der Waals surface area contributed by atoms with Crippen LogP contribution in [0.2, 0.25) is 0 Å². The minimum atomic E-state index is 0.887. The second kappa shape index (κ2) is 8.04. The second-order valence-electron chi connectivity index (χ2n) is 5.85. The number of hydrogen-bond donors (Lipinski definition) is 1. The molecule has 1 atom stereocenters. The van der Waals surface area contributed by atoms with Gasteiger partial charge in [0, 0.05) is 24.1 Å². The summed E-state index contributed by atoms with van der Waals surface area (Å²) in [4.78, 5) is 2.54. The zero-order chi connectivity index (χ0) is 14.4. The predicted molar refractivity (Wildman–Crippen MR) is 91.4 cm³/mol. The van der Waals surface area contributed by atoms with Crippen molar-refractivity contribution in [2.45, 2.75) is 46.1 Å². The number of nitrogens with one attached hydrogen (secondary N) is 1. The van der Waals surface area contributed by atoms with Gasteiger partial charge in [-0.25, -0.2) is 0 Å². The molecule has 2 nitrogen and oxygen atoms in total. The highest BCUT2D eigenvalue weighted by Gasteiger charge is 2.23. The molecule has 1 heterocycles. The lowest BCUT2D eigenvalue weighted by Gasteiger charge is -2.21. The molecule has 1 aliphatic heterocycles. The normalized spacial score (nSPS) is 18.8. The predicted octanol–water partition coefficient (Wildman–Crippen LogP) is 4.58. The molecule has 0 radical (unpaired) electrons. The van der Waals surface area contributed by atoms with E-state index < -0.39 is 0 Å². The number of nitrogens with zero attached hydrogens (tertiary/aromatic N) is 1. The van der Waals surface area contributed by atoms with Crippen LogP contribution < -0.4 is 10.2 Å². The number of anilines is 1. The van der Waals surface area contributed by atoms with Crippen molar-refractivity contribution in [3.8, 4) is 0 Å². The molecule has 2 rings (SSSR count). The molecule has 1 saturated heterocycles. The maximum absolute atomic E-state index is 3.76. The first-order valence-electron chi connectivity index (χ1n) is 7.98. The molecule has 1 N–H and O–H groups in total. The van der Waals surface area contributed by atoms with Gasteiger partial charge in [-0.1, -0.05) is 26.3 Å². The summed E-state index contributed by atoms with van der Waals surface area (Å²) < 4.78 is 1.24. The molecule has 1 fully saturated rings. The Labute approximate surface area is 132 Å². The maximum atomic E-state index is 3.76. The second-order valence-corrected chi connectivity index (χ2v) is 6.71. The van der Waals surface area contributed by atoms with Gasteiger partial charge in [-0.3, -0.25) is 0 Å². The minimum Gasteiger partial charge on any atom is -0.370 e. The van der Waals surface area contributed by atoms with E-state index in [1.807, 2.05) is 0 Å². The smallest absolute Gasteiger partial charge is 0.0510 e. The van der Waals surface area contributed by atoms with Gasteiger partial charge >= 0.3 is 0 Å². The maximum Gasteiger partial charge on any atom is 0.0510 e. The Morgan fingerprint density at radius 3 is 2.85 bits per heavy atom. The zero-order valence-electron chi connectivity index (χ0n) is 12.8. The highest BCUT2D eigenvalue weighted by molar-refractivity contribution is 9.10. The molecule has 0 aliphatic carbocycles. The van der Waals surface area contributed by atoms with Crippen molar-refractivity contribution in [1.82, 2.24) is 5.32 Å². The van der Waals surface area contributed by atoms with Crippen molar-refractivity contribution in [2.24, 2.45) is 5.92 Å². The van der Waals surface area contributed by atoms with Crippen LogP contribution in [0.15, 0.2) is 22.7 Å².